The van der Waals surface area contributed by atoms with Crippen LogP contribution in [0.3, 0.4) is 0 Å². The lowest BCUT2D eigenvalue weighted by molar-refractivity contribution is -0.122. The van der Waals surface area contributed by atoms with Crippen molar-refractivity contribution in [1.29, 1.82) is 5.26 Å². The number of ketones is 1. The molecule has 2 aromatic rings. The van der Waals surface area contributed by atoms with Crippen LogP contribution in [0.5, 0.6) is 11.5 Å². The van der Waals surface area contributed by atoms with E-state index in [1.54, 1.807) is 14.2 Å². The molecule has 1 aliphatic rings. The van der Waals surface area contributed by atoms with E-state index < -0.39 is 0 Å². The summed E-state index contributed by atoms with van der Waals surface area (Å²) in [5.41, 5.74) is 3.07. The van der Waals surface area contributed by atoms with Gasteiger partial charge < -0.3 is 14.8 Å². The number of carbonyl (C=O) groups is 1. The molecule has 5 heteroatoms. The molecule has 0 amide bonds. The number of benzene rings is 2. The quantitative estimate of drug-likeness (QED) is 0.731. The summed E-state index contributed by atoms with van der Waals surface area (Å²) in [6, 6.07) is 16.1. The molecule has 2 aromatic carbocycles. The van der Waals surface area contributed by atoms with Gasteiger partial charge in [0.15, 0.2) is 5.78 Å². The van der Waals surface area contributed by atoms with Gasteiger partial charge in [-0.15, -0.1) is 0 Å². The summed E-state index contributed by atoms with van der Waals surface area (Å²) in [6.07, 6.45) is 3.97. The number of piperidine rings is 1. The average Bonchev–Trinajstić information content (AvgIpc) is 2.79. The Labute approximate surface area is 172 Å². The number of nitrogens with zero attached hydrogens (tertiary/aromatic N) is 1. The highest BCUT2D eigenvalue weighted by molar-refractivity contribution is 5.84. The van der Waals surface area contributed by atoms with Crippen molar-refractivity contribution < 1.29 is 14.3 Å². The van der Waals surface area contributed by atoms with Crippen LogP contribution in [0.25, 0.3) is 11.1 Å². The summed E-state index contributed by atoms with van der Waals surface area (Å²) < 4.78 is 10.7. The Morgan fingerprint density at radius 2 is 1.97 bits per heavy atom. The van der Waals surface area contributed by atoms with Crippen LogP contribution >= 0.6 is 0 Å². The maximum atomic E-state index is 12.5. The molecule has 3 rings (SSSR count). The Morgan fingerprint density at radius 3 is 2.59 bits per heavy atom. The van der Waals surface area contributed by atoms with Gasteiger partial charge in [-0.3, -0.25) is 4.79 Å². The second-order valence-electron chi connectivity index (χ2n) is 7.47. The summed E-state index contributed by atoms with van der Waals surface area (Å²) in [6.45, 7) is 0.893. The highest BCUT2D eigenvalue weighted by Gasteiger charge is 2.23. The van der Waals surface area contributed by atoms with Crippen molar-refractivity contribution in [3.05, 3.63) is 48.0 Å². The molecule has 0 unspecified atom stereocenters. The van der Waals surface area contributed by atoms with Gasteiger partial charge >= 0.3 is 0 Å². The van der Waals surface area contributed by atoms with Crippen LogP contribution in [0.15, 0.2) is 42.5 Å². The predicted octanol–water partition coefficient (Wildman–Crippen LogP) is 4.15. The standard InChI is InChI=1S/C24H28N2O3/c1-28-20-10-11-21(24(15-20)29-2)19-8-6-17(7-9-19)13-18(16-25)14-23(27)22-5-3-4-12-26-22/h6-11,15,18,22,26H,3-5,12-14H2,1-2H3/t18-,22+/m1/s1. The molecule has 0 spiro atoms. The Hall–Kier alpha value is -2.84. The first-order chi connectivity index (χ1) is 14.1. The number of nitriles is 1. The van der Waals surface area contributed by atoms with E-state index in [1.165, 1.54) is 0 Å². The lowest BCUT2D eigenvalue weighted by Crippen LogP contribution is -2.41. The molecule has 5 nitrogen and oxygen atoms in total. The van der Waals surface area contributed by atoms with Gasteiger partial charge in [-0.25, -0.2) is 0 Å². The molecule has 0 aliphatic carbocycles. The minimum Gasteiger partial charge on any atom is -0.497 e. The van der Waals surface area contributed by atoms with Crippen molar-refractivity contribution in [3.8, 4) is 28.7 Å². The van der Waals surface area contributed by atoms with E-state index >= 15 is 0 Å². The minimum absolute atomic E-state index is 0.0792. The van der Waals surface area contributed by atoms with Gasteiger partial charge in [-0.2, -0.15) is 5.26 Å². The smallest absolute Gasteiger partial charge is 0.151 e. The fraction of sp³-hybridized carbons (Fsp3) is 0.417. The van der Waals surface area contributed by atoms with E-state index in [-0.39, 0.29) is 17.7 Å². The molecule has 0 saturated carbocycles. The topological polar surface area (TPSA) is 71.3 Å². The number of nitrogens with one attached hydrogen (secondary N) is 1. The number of rotatable bonds is 8. The minimum atomic E-state index is -0.299. The molecule has 2 atom stereocenters. The molecule has 152 valence electrons. The number of methoxy groups -OCH3 is 2. The molecule has 1 fully saturated rings. The van der Waals surface area contributed by atoms with Gasteiger partial charge in [0.2, 0.25) is 0 Å². The highest BCUT2D eigenvalue weighted by atomic mass is 16.5. The van der Waals surface area contributed by atoms with E-state index in [2.05, 4.69) is 11.4 Å². The van der Waals surface area contributed by atoms with Crippen molar-refractivity contribution in [2.75, 3.05) is 20.8 Å². The first-order valence-electron chi connectivity index (χ1n) is 10.1. The normalized spacial score (nSPS) is 17.2. The SMILES string of the molecule is COc1ccc(-c2ccc(C[C@@H](C#N)CC(=O)[C@@H]3CCCCN3)cc2)c(OC)c1. The molecule has 1 N–H and O–H groups in total. The van der Waals surface area contributed by atoms with Crippen molar-refractivity contribution in [2.24, 2.45) is 5.92 Å². The Kier molecular flexibility index (Phi) is 7.26. The number of Topliss-reactive ketones (excluding diaryl/α,β-unsaturated/α-hetero) is 1. The lowest BCUT2D eigenvalue weighted by atomic mass is 9.90. The van der Waals surface area contributed by atoms with Crippen LogP contribution < -0.4 is 14.8 Å². The maximum absolute atomic E-state index is 12.5. The van der Waals surface area contributed by atoms with Gasteiger partial charge in [0.1, 0.15) is 11.5 Å². The van der Waals surface area contributed by atoms with Crippen LogP contribution in [0, 0.1) is 17.2 Å². The van der Waals surface area contributed by atoms with Crippen molar-refractivity contribution >= 4 is 5.78 Å². The van der Waals surface area contributed by atoms with E-state index in [0.717, 1.165) is 54.0 Å². The summed E-state index contributed by atoms with van der Waals surface area (Å²) in [5, 5.41) is 12.8. The molecule has 1 aliphatic heterocycles. The number of carbonyl (C=O) groups excluding carboxylic acids is 1. The third kappa shape index (κ3) is 5.36. The number of hydrogen-bond acceptors (Lipinski definition) is 5. The number of ether oxygens (including phenoxy) is 2. The lowest BCUT2D eigenvalue weighted by Gasteiger charge is -2.23. The van der Waals surface area contributed by atoms with Crippen LogP contribution in [-0.4, -0.2) is 32.6 Å². The Balaban J connectivity index is 1.66. The summed E-state index contributed by atoms with van der Waals surface area (Å²) in [7, 11) is 3.27. The molecule has 0 bridgehead atoms. The fourth-order valence-electron chi connectivity index (χ4n) is 3.82. The van der Waals surface area contributed by atoms with Crippen LogP contribution in [-0.2, 0) is 11.2 Å². The van der Waals surface area contributed by atoms with Crippen LogP contribution in [0.2, 0.25) is 0 Å². The van der Waals surface area contributed by atoms with Gasteiger partial charge in [0, 0.05) is 18.1 Å². The zero-order chi connectivity index (χ0) is 20.6. The first kappa shape index (κ1) is 20.9. The molecule has 1 heterocycles. The molecule has 1 saturated heterocycles. The van der Waals surface area contributed by atoms with Crippen molar-refractivity contribution in [3.63, 3.8) is 0 Å². The molecular weight excluding hydrogens is 364 g/mol. The second kappa shape index (κ2) is 10.1. The zero-order valence-electron chi connectivity index (χ0n) is 17.1. The van der Waals surface area contributed by atoms with Crippen molar-refractivity contribution in [1.82, 2.24) is 5.32 Å². The van der Waals surface area contributed by atoms with E-state index in [9.17, 15) is 10.1 Å². The second-order valence-corrected chi connectivity index (χ2v) is 7.47. The molecule has 0 aromatic heterocycles. The molecule has 29 heavy (non-hydrogen) atoms. The van der Waals surface area contributed by atoms with Gasteiger partial charge in [-0.05, 0) is 49.1 Å². The highest BCUT2D eigenvalue weighted by Crippen LogP contribution is 2.33. The third-order valence-corrected chi connectivity index (χ3v) is 5.48. The van der Waals surface area contributed by atoms with Gasteiger partial charge in [0.25, 0.3) is 0 Å². The summed E-state index contributed by atoms with van der Waals surface area (Å²) >= 11 is 0. The van der Waals surface area contributed by atoms with Crippen LogP contribution in [0.4, 0.5) is 0 Å². The zero-order valence-corrected chi connectivity index (χ0v) is 17.1. The predicted molar refractivity (Wildman–Crippen MR) is 113 cm³/mol. The molecular formula is C24H28N2O3. The average molecular weight is 392 g/mol. The summed E-state index contributed by atoms with van der Waals surface area (Å²) in [4.78, 5) is 12.5. The largest absolute Gasteiger partial charge is 0.497 e. The van der Waals surface area contributed by atoms with E-state index in [4.69, 9.17) is 9.47 Å². The molecule has 0 radical (unpaired) electrons. The summed E-state index contributed by atoms with van der Waals surface area (Å²) in [5.74, 6) is 1.36. The fourth-order valence-corrected chi connectivity index (χ4v) is 3.82. The van der Waals surface area contributed by atoms with Gasteiger partial charge in [0.05, 0.1) is 32.2 Å². The monoisotopic (exact) mass is 392 g/mol. The maximum Gasteiger partial charge on any atom is 0.151 e. The third-order valence-electron chi connectivity index (χ3n) is 5.48. The van der Waals surface area contributed by atoms with Gasteiger partial charge in [-0.1, -0.05) is 30.7 Å². The first-order valence-corrected chi connectivity index (χ1v) is 10.1. The van der Waals surface area contributed by atoms with Crippen molar-refractivity contribution in [2.45, 2.75) is 38.1 Å². The Morgan fingerprint density at radius 1 is 1.17 bits per heavy atom. The van der Waals surface area contributed by atoms with Crippen LogP contribution in [0.1, 0.15) is 31.2 Å². The van der Waals surface area contributed by atoms with E-state index in [1.807, 2.05) is 42.5 Å². The van der Waals surface area contributed by atoms with E-state index in [0.29, 0.717) is 12.8 Å². The Bertz CT molecular complexity index is 865. The number of hydrogen-bond donors (Lipinski definition) is 1.